The third-order valence-electron chi connectivity index (χ3n) is 7.62. The van der Waals surface area contributed by atoms with Crippen LogP contribution in [0.5, 0.6) is 0 Å². The fourth-order valence-electron chi connectivity index (χ4n) is 5.94. The van der Waals surface area contributed by atoms with Crippen LogP contribution in [0.2, 0.25) is 0 Å². The number of carbonyl (C=O) groups excluding carboxylic acids is 1. The summed E-state index contributed by atoms with van der Waals surface area (Å²) in [5, 5.41) is 0. The van der Waals surface area contributed by atoms with Gasteiger partial charge in [0.05, 0.1) is 11.6 Å². The van der Waals surface area contributed by atoms with E-state index in [-0.39, 0.29) is 5.54 Å². The minimum Gasteiger partial charge on any atom is -0.381 e. The summed E-state index contributed by atoms with van der Waals surface area (Å²) in [6, 6.07) is 0.609. The molecule has 1 atom stereocenters. The molecule has 26 heavy (non-hydrogen) atoms. The lowest BCUT2D eigenvalue weighted by atomic mass is 9.73. The van der Waals surface area contributed by atoms with Crippen LogP contribution in [0.3, 0.4) is 0 Å². The van der Waals surface area contributed by atoms with E-state index in [0.717, 1.165) is 65.0 Å². The highest BCUT2D eigenvalue weighted by Crippen LogP contribution is 2.44. The monoisotopic (exact) mass is 364 g/mol. The van der Waals surface area contributed by atoms with Crippen molar-refractivity contribution in [1.29, 1.82) is 0 Å². The summed E-state index contributed by atoms with van der Waals surface area (Å²) < 4.78 is 11.4. The number of hydrogen-bond acceptors (Lipinski definition) is 4. The first-order valence-corrected chi connectivity index (χ1v) is 10.9. The third-order valence-corrected chi connectivity index (χ3v) is 7.62. The van der Waals surface area contributed by atoms with E-state index in [2.05, 4.69) is 9.80 Å². The summed E-state index contributed by atoms with van der Waals surface area (Å²) in [4.78, 5) is 17.5. The Balaban J connectivity index is 1.28. The van der Waals surface area contributed by atoms with Gasteiger partial charge >= 0.3 is 0 Å². The first kappa shape index (κ1) is 18.7. The zero-order valence-corrected chi connectivity index (χ0v) is 16.5. The van der Waals surface area contributed by atoms with Crippen molar-refractivity contribution >= 4 is 5.91 Å². The lowest BCUT2D eigenvalue weighted by Crippen LogP contribution is -2.75. The van der Waals surface area contributed by atoms with Crippen LogP contribution in [0.25, 0.3) is 0 Å². The van der Waals surface area contributed by atoms with Gasteiger partial charge in [0.2, 0.25) is 5.91 Å². The Morgan fingerprint density at radius 3 is 2.42 bits per heavy atom. The quantitative estimate of drug-likeness (QED) is 0.769. The van der Waals surface area contributed by atoms with Crippen LogP contribution in [0.15, 0.2) is 0 Å². The Morgan fingerprint density at radius 1 is 1.08 bits per heavy atom. The van der Waals surface area contributed by atoms with Gasteiger partial charge in [-0.15, -0.1) is 0 Å². The Labute approximate surface area is 158 Å². The molecule has 1 unspecified atom stereocenters. The summed E-state index contributed by atoms with van der Waals surface area (Å²) in [7, 11) is 1.85. The predicted molar refractivity (Wildman–Crippen MR) is 101 cm³/mol. The molecule has 4 aliphatic rings. The van der Waals surface area contributed by atoms with Gasteiger partial charge in [-0.25, -0.2) is 0 Å². The van der Waals surface area contributed by atoms with Crippen molar-refractivity contribution in [1.82, 2.24) is 9.80 Å². The average Bonchev–Trinajstić information content (AvgIpc) is 2.69. The molecule has 1 saturated carbocycles. The SMILES string of the molecule is COC1CN(C2CCN(C(=O)CC3CCCCC3)CC2)C12CCOCC2. The Bertz CT molecular complexity index is 478. The highest BCUT2D eigenvalue weighted by molar-refractivity contribution is 5.76. The van der Waals surface area contributed by atoms with E-state index in [4.69, 9.17) is 9.47 Å². The average molecular weight is 365 g/mol. The van der Waals surface area contributed by atoms with E-state index in [9.17, 15) is 4.79 Å². The van der Waals surface area contributed by atoms with Crippen LogP contribution in [0, 0.1) is 5.92 Å². The molecule has 5 nitrogen and oxygen atoms in total. The summed E-state index contributed by atoms with van der Waals surface area (Å²) >= 11 is 0. The molecule has 3 saturated heterocycles. The molecule has 5 heteroatoms. The molecule has 3 heterocycles. The van der Waals surface area contributed by atoms with Gasteiger partial charge < -0.3 is 14.4 Å². The maximum atomic E-state index is 12.7. The van der Waals surface area contributed by atoms with E-state index in [1.807, 2.05) is 7.11 Å². The van der Waals surface area contributed by atoms with Crippen molar-refractivity contribution in [2.75, 3.05) is 40.0 Å². The van der Waals surface area contributed by atoms with Gasteiger partial charge in [0.1, 0.15) is 0 Å². The van der Waals surface area contributed by atoms with Crippen LogP contribution in [0.4, 0.5) is 0 Å². The second kappa shape index (κ2) is 8.15. The molecule has 0 aromatic carbocycles. The summed E-state index contributed by atoms with van der Waals surface area (Å²) in [6.07, 6.45) is 12.1. The molecule has 0 radical (unpaired) electrons. The topological polar surface area (TPSA) is 42.0 Å². The highest BCUT2D eigenvalue weighted by Gasteiger charge is 2.56. The van der Waals surface area contributed by atoms with Crippen LogP contribution in [0.1, 0.15) is 64.2 Å². The second-order valence-corrected chi connectivity index (χ2v) is 8.91. The zero-order valence-electron chi connectivity index (χ0n) is 16.5. The number of carbonyl (C=O) groups is 1. The lowest BCUT2D eigenvalue weighted by molar-refractivity contribution is -0.208. The second-order valence-electron chi connectivity index (χ2n) is 8.91. The van der Waals surface area contributed by atoms with Gasteiger partial charge in [-0.1, -0.05) is 19.3 Å². The Kier molecular flexibility index (Phi) is 5.87. The van der Waals surface area contributed by atoms with Gasteiger partial charge in [0, 0.05) is 52.4 Å². The van der Waals surface area contributed by atoms with Gasteiger partial charge in [0.15, 0.2) is 0 Å². The van der Waals surface area contributed by atoms with Crippen molar-refractivity contribution in [3.8, 4) is 0 Å². The minimum atomic E-state index is 0.200. The van der Waals surface area contributed by atoms with E-state index in [0.29, 0.717) is 24.0 Å². The molecule has 3 aliphatic heterocycles. The zero-order chi connectivity index (χ0) is 18.0. The normalized spacial score (nSPS) is 31.1. The number of ether oxygens (including phenoxy) is 2. The fraction of sp³-hybridized carbons (Fsp3) is 0.952. The third kappa shape index (κ3) is 3.55. The fourth-order valence-corrected chi connectivity index (χ4v) is 5.94. The van der Waals surface area contributed by atoms with Crippen molar-refractivity contribution in [2.24, 2.45) is 5.92 Å². The number of piperidine rings is 1. The number of rotatable bonds is 4. The maximum absolute atomic E-state index is 12.7. The molecule has 0 N–H and O–H groups in total. The number of nitrogens with zero attached hydrogens (tertiary/aromatic N) is 2. The van der Waals surface area contributed by atoms with E-state index >= 15 is 0 Å². The van der Waals surface area contributed by atoms with Crippen molar-refractivity contribution < 1.29 is 14.3 Å². The first-order chi connectivity index (χ1) is 12.7. The minimum absolute atomic E-state index is 0.200. The van der Waals surface area contributed by atoms with Gasteiger partial charge in [-0.05, 0) is 44.4 Å². The van der Waals surface area contributed by atoms with Gasteiger partial charge in [0.25, 0.3) is 0 Å². The van der Waals surface area contributed by atoms with Crippen LogP contribution < -0.4 is 0 Å². The molecule has 0 bridgehead atoms. The molecule has 1 amide bonds. The van der Waals surface area contributed by atoms with Crippen molar-refractivity contribution in [2.45, 2.75) is 81.9 Å². The number of methoxy groups -OCH3 is 1. The summed E-state index contributed by atoms with van der Waals surface area (Å²) in [5.41, 5.74) is 0.200. The molecule has 4 fully saturated rings. The van der Waals surface area contributed by atoms with E-state index in [1.165, 1.54) is 32.1 Å². The molecule has 0 aromatic heterocycles. The number of hydrogen-bond donors (Lipinski definition) is 0. The molecule has 0 aromatic rings. The number of amides is 1. The molecule has 4 rings (SSSR count). The number of likely N-dealkylation sites (tertiary alicyclic amines) is 2. The van der Waals surface area contributed by atoms with E-state index < -0.39 is 0 Å². The first-order valence-electron chi connectivity index (χ1n) is 10.9. The molecule has 1 spiro atoms. The van der Waals surface area contributed by atoms with Crippen molar-refractivity contribution in [3.63, 3.8) is 0 Å². The smallest absolute Gasteiger partial charge is 0.222 e. The van der Waals surface area contributed by atoms with Crippen molar-refractivity contribution in [3.05, 3.63) is 0 Å². The van der Waals surface area contributed by atoms with Gasteiger partial charge in [-0.2, -0.15) is 0 Å². The molecular formula is C21H36N2O3. The maximum Gasteiger partial charge on any atom is 0.222 e. The lowest BCUT2D eigenvalue weighted by Gasteiger charge is -2.63. The molecular weight excluding hydrogens is 328 g/mol. The summed E-state index contributed by atoms with van der Waals surface area (Å²) in [5.74, 6) is 1.06. The predicted octanol–water partition coefficient (Wildman–Crippen LogP) is 2.83. The van der Waals surface area contributed by atoms with Crippen LogP contribution in [-0.4, -0.2) is 73.3 Å². The van der Waals surface area contributed by atoms with Gasteiger partial charge in [-0.3, -0.25) is 9.69 Å². The highest BCUT2D eigenvalue weighted by atomic mass is 16.5. The van der Waals surface area contributed by atoms with E-state index in [1.54, 1.807) is 0 Å². The van der Waals surface area contributed by atoms with Crippen LogP contribution in [-0.2, 0) is 14.3 Å². The standard InChI is InChI=1S/C21H36N2O3/c1-25-19-16-23(21(19)9-13-26-14-10-21)18-7-11-22(12-8-18)20(24)15-17-5-3-2-4-6-17/h17-19H,2-16H2,1H3. The molecule has 1 aliphatic carbocycles. The Morgan fingerprint density at radius 2 is 1.77 bits per heavy atom. The Hall–Kier alpha value is -0.650. The largest absolute Gasteiger partial charge is 0.381 e. The van der Waals surface area contributed by atoms with Crippen LogP contribution >= 0.6 is 0 Å². The molecule has 148 valence electrons. The summed E-state index contributed by atoms with van der Waals surface area (Å²) in [6.45, 7) is 4.65.